The highest BCUT2D eigenvalue weighted by atomic mass is 14.9. The Balaban J connectivity index is 2.58. The Kier molecular flexibility index (Phi) is 7.81. The Labute approximate surface area is 119 Å². The lowest BCUT2D eigenvalue weighted by Gasteiger charge is -2.22. The molecule has 0 aliphatic carbocycles. The highest BCUT2D eigenvalue weighted by molar-refractivity contribution is 5.23. The monoisotopic (exact) mass is 261 g/mol. The number of hydrogen-bond acceptors (Lipinski definition) is 1. The lowest BCUT2D eigenvalue weighted by molar-refractivity contribution is 0.391. The third-order valence-corrected chi connectivity index (χ3v) is 3.98. The minimum atomic E-state index is 0.627. The molecule has 0 fully saturated rings. The molecular formula is C18H31N. The smallest absolute Gasteiger partial charge is 0.0110 e. The zero-order valence-electron chi connectivity index (χ0n) is 13.2. The van der Waals surface area contributed by atoms with Crippen molar-refractivity contribution in [1.29, 1.82) is 0 Å². The zero-order valence-corrected chi connectivity index (χ0v) is 13.2. The molecule has 0 saturated carbocycles. The molecule has 2 unspecified atom stereocenters. The van der Waals surface area contributed by atoms with E-state index in [0.717, 1.165) is 25.3 Å². The van der Waals surface area contributed by atoms with Gasteiger partial charge in [0.2, 0.25) is 0 Å². The van der Waals surface area contributed by atoms with E-state index >= 15 is 0 Å². The van der Waals surface area contributed by atoms with Crippen molar-refractivity contribution in [3.05, 3.63) is 35.4 Å². The van der Waals surface area contributed by atoms with Crippen molar-refractivity contribution in [1.82, 2.24) is 5.32 Å². The van der Waals surface area contributed by atoms with E-state index in [2.05, 4.69) is 57.3 Å². The zero-order chi connectivity index (χ0) is 14.1. The molecule has 0 radical (unpaired) electrons. The van der Waals surface area contributed by atoms with Crippen LogP contribution in [0.5, 0.6) is 0 Å². The second-order valence-corrected chi connectivity index (χ2v) is 5.77. The van der Waals surface area contributed by atoms with E-state index in [4.69, 9.17) is 0 Å². The van der Waals surface area contributed by atoms with Crippen LogP contribution in [-0.2, 0) is 12.8 Å². The molecule has 108 valence electrons. The van der Waals surface area contributed by atoms with Gasteiger partial charge in [0.25, 0.3) is 0 Å². The van der Waals surface area contributed by atoms with Gasteiger partial charge in [-0.15, -0.1) is 0 Å². The average Bonchev–Trinajstić information content (AvgIpc) is 2.45. The summed E-state index contributed by atoms with van der Waals surface area (Å²) in [5.41, 5.74) is 2.90. The maximum atomic E-state index is 3.71. The predicted molar refractivity (Wildman–Crippen MR) is 85.7 cm³/mol. The number of rotatable bonds is 9. The molecule has 1 rings (SSSR count). The van der Waals surface area contributed by atoms with Gasteiger partial charge in [-0.25, -0.2) is 0 Å². The molecule has 1 aromatic rings. The summed E-state index contributed by atoms with van der Waals surface area (Å²) in [4.78, 5) is 0. The van der Waals surface area contributed by atoms with Crippen LogP contribution in [0.15, 0.2) is 24.3 Å². The molecule has 0 aliphatic rings. The van der Waals surface area contributed by atoms with E-state index in [9.17, 15) is 0 Å². The van der Waals surface area contributed by atoms with Gasteiger partial charge < -0.3 is 5.32 Å². The minimum absolute atomic E-state index is 0.627. The van der Waals surface area contributed by atoms with Gasteiger partial charge >= 0.3 is 0 Å². The fourth-order valence-corrected chi connectivity index (χ4v) is 2.44. The maximum absolute atomic E-state index is 3.71. The highest BCUT2D eigenvalue weighted by Crippen LogP contribution is 2.15. The maximum Gasteiger partial charge on any atom is 0.0110 e. The van der Waals surface area contributed by atoms with Crippen molar-refractivity contribution in [2.45, 2.75) is 65.8 Å². The van der Waals surface area contributed by atoms with Crippen LogP contribution in [0.3, 0.4) is 0 Å². The molecule has 1 aromatic carbocycles. The first kappa shape index (κ1) is 16.2. The van der Waals surface area contributed by atoms with Gasteiger partial charge in [-0.3, -0.25) is 0 Å². The van der Waals surface area contributed by atoms with Gasteiger partial charge in [0.1, 0.15) is 0 Å². The predicted octanol–water partition coefficient (Wildman–Crippen LogP) is 4.60. The van der Waals surface area contributed by atoms with Gasteiger partial charge in [-0.1, -0.05) is 58.4 Å². The molecular weight excluding hydrogens is 230 g/mol. The van der Waals surface area contributed by atoms with Crippen LogP contribution in [0.4, 0.5) is 0 Å². The number of benzene rings is 1. The first-order chi connectivity index (χ1) is 9.19. The van der Waals surface area contributed by atoms with Crippen molar-refractivity contribution >= 4 is 0 Å². The molecule has 0 saturated heterocycles. The van der Waals surface area contributed by atoms with E-state index in [0.29, 0.717) is 6.04 Å². The summed E-state index contributed by atoms with van der Waals surface area (Å²) in [7, 11) is 0. The highest BCUT2D eigenvalue weighted by Gasteiger charge is 2.12. The molecule has 0 bridgehead atoms. The van der Waals surface area contributed by atoms with E-state index in [1.54, 1.807) is 0 Å². The summed E-state index contributed by atoms with van der Waals surface area (Å²) < 4.78 is 0. The summed E-state index contributed by atoms with van der Waals surface area (Å²) in [6.07, 6.45) is 6.07. The first-order valence-corrected chi connectivity index (χ1v) is 8.00. The van der Waals surface area contributed by atoms with Crippen molar-refractivity contribution in [3.63, 3.8) is 0 Å². The van der Waals surface area contributed by atoms with Gasteiger partial charge in [0.05, 0.1) is 0 Å². The van der Waals surface area contributed by atoms with Crippen molar-refractivity contribution < 1.29 is 0 Å². The van der Waals surface area contributed by atoms with Crippen LogP contribution >= 0.6 is 0 Å². The number of aryl methyl sites for hydroxylation is 1. The second kappa shape index (κ2) is 9.14. The van der Waals surface area contributed by atoms with Crippen LogP contribution in [0.25, 0.3) is 0 Å². The van der Waals surface area contributed by atoms with Crippen LogP contribution in [0, 0.1) is 5.92 Å². The number of nitrogens with one attached hydrogen (secondary N) is 1. The molecule has 19 heavy (non-hydrogen) atoms. The van der Waals surface area contributed by atoms with Crippen LogP contribution in [0.1, 0.15) is 58.1 Å². The lowest BCUT2D eigenvalue weighted by atomic mass is 9.94. The molecule has 0 heterocycles. The largest absolute Gasteiger partial charge is 0.314 e. The van der Waals surface area contributed by atoms with Crippen LogP contribution < -0.4 is 5.32 Å². The standard InChI is InChI=1S/C18H31N/c1-5-12-19-18(13-15(4)6-2)14-17-10-8-16(7-3)9-11-17/h8-11,15,18-19H,5-7,12-14H2,1-4H3. The fourth-order valence-electron chi connectivity index (χ4n) is 2.44. The van der Waals surface area contributed by atoms with Crippen molar-refractivity contribution in [3.8, 4) is 0 Å². The average molecular weight is 261 g/mol. The third kappa shape index (κ3) is 6.24. The van der Waals surface area contributed by atoms with Gasteiger partial charge in [-0.2, -0.15) is 0 Å². The summed E-state index contributed by atoms with van der Waals surface area (Å²) in [6.45, 7) is 10.2. The molecule has 0 aliphatic heterocycles. The van der Waals surface area contributed by atoms with E-state index < -0.39 is 0 Å². The number of hydrogen-bond donors (Lipinski definition) is 1. The summed E-state index contributed by atoms with van der Waals surface area (Å²) in [5.74, 6) is 0.810. The van der Waals surface area contributed by atoms with Crippen LogP contribution in [-0.4, -0.2) is 12.6 Å². The van der Waals surface area contributed by atoms with Gasteiger partial charge in [0, 0.05) is 6.04 Å². The second-order valence-electron chi connectivity index (χ2n) is 5.77. The van der Waals surface area contributed by atoms with Gasteiger partial charge in [0.15, 0.2) is 0 Å². The molecule has 2 atom stereocenters. The van der Waals surface area contributed by atoms with E-state index in [1.807, 2.05) is 0 Å². The van der Waals surface area contributed by atoms with E-state index in [-0.39, 0.29) is 0 Å². The topological polar surface area (TPSA) is 12.0 Å². The Morgan fingerprint density at radius 2 is 1.63 bits per heavy atom. The Morgan fingerprint density at radius 3 is 2.16 bits per heavy atom. The Morgan fingerprint density at radius 1 is 1.00 bits per heavy atom. The van der Waals surface area contributed by atoms with Crippen molar-refractivity contribution in [2.24, 2.45) is 5.92 Å². The molecule has 0 spiro atoms. The summed E-state index contributed by atoms with van der Waals surface area (Å²) in [6, 6.07) is 9.78. The quantitative estimate of drug-likeness (QED) is 0.685. The minimum Gasteiger partial charge on any atom is -0.314 e. The van der Waals surface area contributed by atoms with Gasteiger partial charge in [-0.05, 0) is 49.3 Å². The Hall–Kier alpha value is -0.820. The van der Waals surface area contributed by atoms with E-state index in [1.165, 1.54) is 30.4 Å². The summed E-state index contributed by atoms with van der Waals surface area (Å²) >= 11 is 0. The molecule has 0 amide bonds. The fraction of sp³-hybridized carbons (Fsp3) is 0.667. The normalized spacial score (nSPS) is 14.3. The molecule has 1 nitrogen and oxygen atoms in total. The molecule has 1 heteroatoms. The lowest BCUT2D eigenvalue weighted by Crippen LogP contribution is -2.33. The molecule has 0 aromatic heterocycles. The molecule has 1 N–H and O–H groups in total. The first-order valence-electron chi connectivity index (χ1n) is 8.00. The third-order valence-electron chi connectivity index (χ3n) is 3.98. The summed E-state index contributed by atoms with van der Waals surface area (Å²) in [5, 5.41) is 3.71. The van der Waals surface area contributed by atoms with Crippen molar-refractivity contribution in [2.75, 3.05) is 6.54 Å². The van der Waals surface area contributed by atoms with Crippen LogP contribution in [0.2, 0.25) is 0 Å². The Bertz CT molecular complexity index is 328. The SMILES string of the molecule is CCCNC(Cc1ccc(CC)cc1)CC(C)CC.